The summed E-state index contributed by atoms with van der Waals surface area (Å²) >= 11 is 0. The van der Waals surface area contributed by atoms with Crippen LogP contribution >= 0.6 is 0 Å². The summed E-state index contributed by atoms with van der Waals surface area (Å²) in [5, 5.41) is 9.58. The molecule has 9 heteroatoms. The van der Waals surface area contributed by atoms with Gasteiger partial charge in [0.1, 0.15) is 23.2 Å². The van der Waals surface area contributed by atoms with Crippen molar-refractivity contribution in [2.24, 2.45) is 11.8 Å². The van der Waals surface area contributed by atoms with Crippen LogP contribution in [0.4, 0.5) is 11.4 Å². The summed E-state index contributed by atoms with van der Waals surface area (Å²) in [6, 6.07) is 6.90. The maximum absolute atomic E-state index is 14.4. The zero-order valence-electron chi connectivity index (χ0n) is 23.0. The Morgan fingerprint density at radius 2 is 1.74 bits per heavy atom. The molecule has 210 valence electrons. The van der Waals surface area contributed by atoms with E-state index in [1.54, 1.807) is 4.90 Å². The van der Waals surface area contributed by atoms with Gasteiger partial charge in [-0.2, -0.15) is 0 Å². The number of hydrogen-bond donors (Lipinski definition) is 1. The van der Waals surface area contributed by atoms with Crippen molar-refractivity contribution in [3.63, 3.8) is 0 Å². The third-order valence-corrected chi connectivity index (χ3v) is 8.75. The van der Waals surface area contributed by atoms with Crippen molar-refractivity contribution in [2.75, 3.05) is 49.2 Å². The largest absolute Gasteiger partial charge is 0.465 e. The van der Waals surface area contributed by atoms with Crippen molar-refractivity contribution >= 4 is 29.2 Å². The monoisotopic (exact) mass is 537 g/mol. The van der Waals surface area contributed by atoms with Crippen LogP contribution in [0.5, 0.6) is 0 Å². The van der Waals surface area contributed by atoms with Gasteiger partial charge in [0.05, 0.1) is 12.5 Å². The van der Waals surface area contributed by atoms with Gasteiger partial charge in [0.25, 0.3) is 5.91 Å². The molecule has 5 atom stereocenters. The first kappa shape index (κ1) is 27.4. The number of rotatable bonds is 8. The van der Waals surface area contributed by atoms with Crippen LogP contribution in [0, 0.1) is 11.8 Å². The highest BCUT2D eigenvalue weighted by Crippen LogP contribution is 2.58. The highest BCUT2D eigenvalue weighted by molar-refractivity contribution is 6.05. The van der Waals surface area contributed by atoms with Crippen molar-refractivity contribution < 1.29 is 29.0 Å². The van der Waals surface area contributed by atoms with Crippen LogP contribution in [-0.2, 0) is 23.9 Å². The molecule has 0 bridgehead atoms. The Morgan fingerprint density at radius 1 is 1.00 bits per heavy atom. The number of nitrogens with zero attached hydrogens (tertiary/aromatic N) is 3. The predicted molar refractivity (Wildman–Crippen MR) is 147 cm³/mol. The van der Waals surface area contributed by atoms with Gasteiger partial charge in [-0.25, -0.2) is 0 Å². The summed E-state index contributed by atoms with van der Waals surface area (Å²) in [4.78, 5) is 47.4. The minimum absolute atomic E-state index is 0.122. The lowest BCUT2D eigenvalue weighted by atomic mass is 9.73. The van der Waals surface area contributed by atoms with E-state index in [0.29, 0.717) is 25.8 Å². The number of hydrogen-bond acceptors (Lipinski definition) is 7. The van der Waals surface area contributed by atoms with Crippen molar-refractivity contribution in [1.82, 2.24) is 4.90 Å². The first-order valence-corrected chi connectivity index (χ1v) is 14.2. The molecule has 1 spiro atoms. The normalized spacial score (nSPS) is 31.8. The molecule has 5 rings (SSSR count). The smallest absolute Gasteiger partial charge is 0.313 e. The van der Waals surface area contributed by atoms with E-state index < -0.39 is 35.0 Å². The van der Waals surface area contributed by atoms with Crippen LogP contribution < -0.4 is 9.80 Å². The molecule has 39 heavy (non-hydrogen) atoms. The van der Waals surface area contributed by atoms with Crippen molar-refractivity contribution in [3.05, 3.63) is 48.6 Å². The van der Waals surface area contributed by atoms with Crippen LogP contribution in [0.2, 0.25) is 0 Å². The highest BCUT2D eigenvalue weighted by Gasteiger charge is 2.75. The minimum atomic E-state index is -1.33. The van der Waals surface area contributed by atoms with E-state index in [-0.39, 0.29) is 31.6 Å². The molecule has 2 saturated heterocycles. The van der Waals surface area contributed by atoms with E-state index in [0.717, 1.165) is 24.5 Å². The molecule has 0 aromatic heterocycles. The number of aliphatic hydroxyl groups is 1. The van der Waals surface area contributed by atoms with E-state index in [9.17, 15) is 19.5 Å². The molecular formula is C30H39N3O6. The number of amides is 2. The van der Waals surface area contributed by atoms with E-state index >= 15 is 0 Å². The lowest BCUT2D eigenvalue weighted by Crippen LogP contribution is -2.56. The minimum Gasteiger partial charge on any atom is -0.465 e. The molecule has 4 aliphatic rings. The van der Waals surface area contributed by atoms with E-state index in [2.05, 4.69) is 18.7 Å². The lowest BCUT2D eigenvalue weighted by Gasteiger charge is -2.38. The highest BCUT2D eigenvalue weighted by atomic mass is 16.6. The summed E-state index contributed by atoms with van der Waals surface area (Å²) in [5.74, 6) is -2.81. The molecule has 0 saturated carbocycles. The summed E-state index contributed by atoms with van der Waals surface area (Å²) in [7, 11) is 0. The molecule has 1 N–H and O–H groups in total. The molecule has 9 nitrogen and oxygen atoms in total. The van der Waals surface area contributed by atoms with Gasteiger partial charge in [0, 0.05) is 44.2 Å². The Hall–Kier alpha value is -3.17. The third-order valence-electron chi connectivity index (χ3n) is 8.75. The van der Waals surface area contributed by atoms with Gasteiger partial charge < -0.3 is 29.3 Å². The molecule has 4 aliphatic heterocycles. The molecule has 0 aliphatic carbocycles. The number of likely N-dealkylation sites (tertiary alicyclic amines) is 1. The number of carbonyl (C=O) groups excluding carboxylic acids is 3. The summed E-state index contributed by atoms with van der Waals surface area (Å²) in [6.45, 7) is 8.51. The standard InChI is InChI=1S/C30H39N3O6/c1-4-29-15-7-8-20-38-28(37)24(29)23-26(35)33(18-10-19-34)25-27(36)32(17-9-16-30(23,25)39-29)22-13-11-21(12-14-22)31(5-2)6-3/h7,9,11-16,23-25,34H,4-6,8,10,17-20H2,1-3H3/t23-,24+,25?,29-,30-/m0/s1. The van der Waals surface area contributed by atoms with Crippen molar-refractivity contribution in [2.45, 2.75) is 57.3 Å². The molecule has 1 unspecified atom stereocenters. The molecule has 1 aromatic rings. The van der Waals surface area contributed by atoms with Crippen LogP contribution in [-0.4, -0.2) is 84.4 Å². The predicted octanol–water partition coefficient (Wildman–Crippen LogP) is 2.68. The second-order valence-corrected chi connectivity index (χ2v) is 10.6. The first-order chi connectivity index (χ1) is 18.9. The van der Waals surface area contributed by atoms with Crippen LogP contribution in [0.15, 0.2) is 48.6 Å². The van der Waals surface area contributed by atoms with Gasteiger partial charge in [0.2, 0.25) is 5.91 Å². The summed E-state index contributed by atoms with van der Waals surface area (Å²) in [6.07, 6.45) is 8.89. The zero-order chi connectivity index (χ0) is 27.8. The van der Waals surface area contributed by atoms with Gasteiger partial charge in [0.15, 0.2) is 0 Å². The second kappa shape index (κ2) is 10.8. The van der Waals surface area contributed by atoms with Gasteiger partial charge in [-0.05, 0) is 57.4 Å². The lowest BCUT2D eigenvalue weighted by molar-refractivity contribution is -0.160. The number of fused-ring (bicyclic) bond motifs is 2. The number of esters is 1. The second-order valence-electron chi connectivity index (χ2n) is 10.6. The van der Waals surface area contributed by atoms with Gasteiger partial charge in [-0.1, -0.05) is 31.2 Å². The number of benzene rings is 1. The number of aliphatic hydroxyl groups excluding tert-OH is 1. The molecule has 2 fully saturated rings. The van der Waals surface area contributed by atoms with Gasteiger partial charge in [-0.15, -0.1) is 0 Å². The van der Waals surface area contributed by atoms with E-state index in [4.69, 9.17) is 9.47 Å². The average Bonchev–Trinajstić information content (AvgIpc) is 3.28. The van der Waals surface area contributed by atoms with Gasteiger partial charge >= 0.3 is 5.97 Å². The number of carbonyl (C=O) groups is 3. The zero-order valence-corrected chi connectivity index (χ0v) is 23.0. The fraction of sp³-hybridized carbons (Fsp3) is 0.567. The third kappa shape index (κ3) is 4.26. The molecule has 0 radical (unpaired) electrons. The Morgan fingerprint density at radius 3 is 2.41 bits per heavy atom. The number of ether oxygens (including phenoxy) is 2. The van der Waals surface area contributed by atoms with Crippen molar-refractivity contribution in [1.29, 1.82) is 0 Å². The first-order valence-electron chi connectivity index (χ1n) is 14.2. The molecular weight excluding hydrogens is 498 g/mol. The quantitative estimate of drug-likeness (QED) is 0.402. The maximum atomic E-state index is 14.4. The van der Waals surface area contributed by atoms with Gasteiger partial charge in [-0.3, -0.25) is 14.4 Å². The molecule has 4 heterocycles. The summed E-state index contributed by atoms with van der Waals surface area (Å²) in [5.41, 5.74) is -0.577. The van der Waals surface area contributed by atoms with E-state index in [1.807, 2.05) is 55.5 Å². The van der Waals surface area contributed by atoms with Crippen LogP contribution in [0.1, 0.15) is 40.0 Å². The van der Waals surface area contributed by atoms with Crippen molar-refractivity contribution in [3.8, 4) is 0 Å². The fourth-order valence-electron chi connectivity index (χ4n) is 6.87. The van der Waals surface area contributed by atoms with Crippen LogP contribution in [0.25, 0.3) is 0 Å². The Bertz CT molecular complexity index is 1160. The Kier molecular flexibility index (Phi) is 7.57. The molecule has 1 aromatic carbocycles. The number of anilines is 2. The Balaban J connectivity index is 1.58. The summed E-state index contributed by atoms with van der Waals surface area (Å²) < 4.78 is 12.4. The molecule has 2 amide bonds. The topological polar surface area (TPSA) is 99.6 Å². The van der Waals surface area contributed by atoms with E-state index in [1.165, 1.54) is 4.90 Å². The Labute approximate surface area is 230 Å². The SMILES string of the molecule is CCN(CC)c1ccc(N2CC=C[C@]34O[C@@]5(CC)C=CCCOC(=O)[C@H]5[C@H]3C(=O)N(CCCO)C4C2=O)cc1. The fourth-order valence-corrected chi connectivity index (χ4v) is 6.87. The number of cyclic esters (lactones) is 1. The van der Waals surface area contributed by atoms with Crippen LogP contribution in [0.3, 0.4) is 0 Å². The average molecular weight is 538 g/mol. The maximum Gasteiger partial charge on any atom is 0.313 e.